The van der Waals surface area contributed by atoms with Crippen LogP contribution in [0.25, 0.3) is 5.57 Å². The van der Waals surface area contributed by atoms with Crippen molar-refractivity contribution in [3.63, 3.8) is 0 Å². The van der Waals surface area contributed by atoms with E-state index >= 15 is 0 Å². The number of piperidine rings is 1. The Bertz CT molecular complexity index is 984. The van der Waals surface area contributed by atoms with Gasteiger partial charge in [-0.15, -0.1) is 0 Å². The molecule has 6 nitrogen and oxygen atoms in total. The highest BCUT2D eigenvalue weighted by atomic mass is 19.4. The van der Waals surface area contributed by atoms with Crippen molar-refractivity contribution < 1.29 is 41.1 Å². The topological polar surface area (TPSA) is 90.5 Å². The van der Waals surface area contributed by atoms with E-state index in [1.165, 1.54) is 6.08 Å². The molecule has 4 rings (SSSR count). The van der Waals surface area contributed by atoms with Crippen LogP contribution >= 0.6 is 0 Å². The molecule has 2 fully saturated rings. The van der Waals surface area contributed by atoms with Crippen LogP contribution in [0, 0.1) is 11.3 Å². The zero-order valence-corrected chi connectivity index (χ0v) is 17.8. The standard InChI is InChI=1S/C22H23F6N3O3/c23-21(24,25)13-5-12(6-14(8-13)22(26,27)28)11-1-4-29-16(7-11)18(32)17-15(19(33)31-34)9-20(2-3-20)10-30-17/h1,5-6,8,15-17,29-30,34H,2-4,7,9-10H2,(H,31,33)/t15-,16?,17-/m0/s1. The van der Waals surface area contributed by atoms with E-state index in [2.05, 4.69) is 10.6 Å². The van der Waals surface area contributed by atoms with Gasteiger partial charge in [-0.2, -0.15) is 26.3 Å². The Morgan fingerprint density at radius 3 is 2.15 bits per heavy atom. The molecule has 1 saturated carbocycles. The fourth-order valence-electron chi connectivity index (χ4n) is 4.80. The highest BCUT2D eigenvalue weighted by molar-refractivity contribution is 5.96. The number of carbonyl (C=O) groups is 2. The molecule has 0 bridgehead atoms. The van der Waals surface area contributed by atoms with E-state index in [9.17, 15) is 35.9 Å². The second-order valence-corrected chi connectivity index (χ2v) is 9.24. The molecule has 2 heterocycles. The highest BCUT2D eigenvalue weighted by Crippen LogP contribution is 2.52. The van der Waals surface area contributed by atoms with Crippen molar-refractivity contribution >= 4 is 17.3 Å². The summed E-state index contributed by atoms with van der Waals surface area (Å²) >= 11 is 0. The molecule has 186 valence electrons. The van der Waals surface area contributed by atoms with E-state index in [0.29, 0.717) is 25.1 Å². The minimum atomic E-state index is -4.98. The highest BCUT2D eigenvalue weighted by Gasteiger charge is 2.52. The molecule has 1 aromatic carbocycles. The molecule has 2 aliphatic heterocycles. The average Bonchev–Trinajstić information content (AvgIpc) is 3.55. The van der Waals surface area contributed by atoms with E-state index in [-0.39, 0.29) is 35.6 Å². The number of amides is 1. The maximum absolute atomic E-state index is 13.3. The maximum atomic E-state index is 13.3. The summed E-state index contributed by atoms with van der Waals surface area (Å²) in [5.41, 5.74) is -1.45. The number of rotatable bonds is 4. The smallest absolute Gasteiger partial charge is 0.306 e. The monoisotopic (exact) mass is 491 g/mol. The molecule has 1 aliphatic carbocycles. The normalized spacial score (nSPS) is 26.7. The van der Waals surface area contributed by atoms with Gasteiger partial charge in [0.05, 0.1) is 29.1 Å². The molecule has 1 amide bonds. The van der Waals surface area contributed by atoms with Crippen molar-refractivity contribution in [2.45, 2.75) is 50.1 Å². The largest absolute Gasteiger partial charge is 0.416 e. The molecule has 34 heavy (non-hydrogen) atoms. The van der Waals surface area contributed by atoms with Crippen LogP contribution in [0.4, 0.5) is 26.3 Å². The van der Waals surface area contributed by atoms with Crippen LogP contribution in [0.1, 0.15) is 42.4 Å². The fraction of sp³-hybridized carbons (Fsp3) is 0.545. The van der Waals surface area contributed by atoms with Gasteiger partial charge in [-0.25, -0.2) is 5.48 Å². The van der Waals surface area contributed by atoms with Crippen LogP contribution in [0.5, 0.6) is 0 Å². The molecule has 4 N–H and O–H groups in total. The lowest BCUT2D eigenvalue weighted by molar-refractivity contribution is -0.143. The molecule has 0 aromatic heterocycles. The van der Waals surface area contributed by atoms with Gasteiger partial charge in [-0.1, -0.05) is 6.08 Å². The van der Waals surface area contributed by atoms with Crippen molar-refractivity contribution in [1.82, 2.24) is 16.1 Å². The zero-order chi connectivity index (χ0) is 24.9. The molecule has 0 radical (unpaired) electrons. The Kier molecular flexibility index (Phi) is 6.28. The molecule has 12 heteroatoms. The first kappa shape index (κ1) is 24.7. The molecule has 3 atom stereocenters. The lowest BCUT2D eigenvalue weighted by Gasteiger charge is -2.37. The number of nitrogens with one attached hydrogen (secondary N) is 3. The number of ketones is 1. The summed E-state index contributed by atoms with van der Waals surface area (Å²) in [6.07, 6.45) is -6.47. The van der Waals surface area contributed by atoms with Gasteiger partial charge in [0.15, 0.2) is 5.78 Å². The summed E-state index contributed by atoms with van der Waals surface area (Å²) in [4.78, 5) is 25.5. The summed E-state index contributed by atoms with van der Waals surface area (Å²) in [5, 5.41) is 15.1. The Morgan fingerprint density at radius 1 is 1.00 bits per heavy atom. The third-order valence-corrected chi connectivity index (χ3v) is 6.90. The number of hydrogen-bond acceptors (Lipinski definition) is 5. The van der Waals surface area contributed by atoms with Gasteiger partial charge in [0.1, 0.15) is 0 Å². The van der Waals surface area contributed by atoms with E-state index in [1.54, 1.807) is 5.48 Å². The lowest BCUT2D eigenvalue weighted by Crippen LogP contribution is -2.59. The van der Waals surface area contributed by atoms with Gasteiger partial charge in [0.2, 0.25) is 5.91 Å². The summed E-state index contributed by atoms with van der Waals surface area (Å²) in [5.74, 6) is -1.98. The third kappa shape index (κ3) is 4.98. The molecule has 1 aromatic rings. The molecule has 1 unspecified atom stereocenters. The van der Waals surface area contributed by atoms with Crippen molar-refractivity contribution in [3.05, 3.63) is 41.0 Å². The van der Waals surface area contributed by atoms with Crippen molar-refractivity contribution in [3.8, 4) is 0 Å². The van der Waals surface area contributed by atoms with E-state index in [0.717, 1.165) is 12.8 Å². The van der Waals surface area contributed by atoms with E-state index < -0.39 is 53.2 Å². The van der Waals surface area contributed by atoms with E-state index in [1.807, 2.05) is 0 Å². The lowest BCUT2D eigenvalue weighted by atomic mass is 9.78. The Morgan fingerprint density at radius 2 is 1.62 bits per heavy atom. The van der Waals surface area contributed by atoms with Gasteiger partial charge in [-0.05, 0) is 60.4 Å². The fourth-order valence-corrected chi connectivity index (χ4v) is 4.80. The van der Waals surface area contributed by atoms with Crippen LogP contribution < -0.4 is 16.1 Å². The predicted octanol–water partition coefficient (Wildman–Crippen LogP) is 3.30. The quantitative estimate of drug-likeness (QED) is 0.295. The number of hydroxylamine groups is 1. The predicted molar refractivity (Wildman–Crippen MR) is 107 cm³/mol. The minimum Gasteiger partial charge on any atom is -0.306 e. The first-order chi connectivity index (χ1) is 15.8. The second-order valence-electron chi connectivity index (χ2n) is 9.24. The van der Waals surface area contributed by atoms with Crippen LogP contribution in [-0.4, -0.2) is 42.1 Å². The number of benzene rings is 1. The minimum absolute atomic E-state index is 0.0524. The van der Waals surface area contributed by atoms with Gasteiger partial charge >= 0.3 is 12.4 Å². The summed E-state index contributed by atoms with van der Waals surface area (Å²) in [6, 6.07) is -0.519. The summed E-state index contributed by atoms with van der Waals surface area (Å²) in [7, 11) is 0. The van der Waals surface area contributed by atoms with Gasteiger partial charge < -0.3 is 10.6 Å². The first-order valence-electron chi connectivity index (χ1n) is 10.8. The molecular weight excluding hydrogens is 468 g/mol. The van der Waals surface area contributed by atoms with Crippen LogP contribution in [0.15, 0.2) is 24.3 Å². The number of halogens is 6. The Labute approximate surface area is 190 Å². The van der Waals surface area contributed by atoms with Crippen molar-refractivity contribution in [2.75, 3.05) is 13.1 Å². The van der Waals surface area contributed by atoms with Crippen molar-refractivity contribution in [1.29, 1.82) is 0 Å². The van der Waals surface area contributed by atoms with Crippen LogP contribution in [0.2, 0.25) is 0 Å². The SMILES string of the molecule is O=C(NO)[C@H]1CC2(CC2)CN[C@@H]1C(=O)C1CC(c2cc(C(F)(F)F)cc(C(F)(F)F)c2)=CCN1. The number of hydrogen-bond donors (Lipinski definition) is 4. The third-order valence-electron chi connectivity index (χ3n) is 6.90. The number of carbonyl (C=O) groups excluding carboxylic acids is 2. The molecule has 1 spiro atoms. The molecular formula is C22H23F6N3O3. The number of alkyl halides is 6. The zero-order valence-electron chi connectivity index (χ0n) is 17.8. The summed E-state index contributed by atoms with van der Waals surface area (Å²) < 4.78 is 79.5. The van der Waals surface area contributed by atoms with Crippen molar-refractivity contribution in [2.24, 2.45) is 11.3 Å². The Hall–Kier alpha value is -2.44. The molecule has 3 aliphatic rings. The van der Waals surface area contributed by atoms with Crippen LogP contribution in [-0.2, 0) is 21.9 Å². The van der Waals surface area contributed by atoms with Gasteiger partial charge in [-0.3, -0.25) is 14.8 Å². The second kappa shape index (κ2) is 8.65. The van der Waals surface area contributed by atoms with Gasteiger partial charge in [0.25, 0.3) is 0 Å². The van der Waals surface area contributed by atoms with Gasteiger partial charge in [0, 0.05) is 13.1 Å². The number of Topliss-reactive ketones (excluding diaryl/α,β-unsaturated/α-hetero) is 1. The first-order valence-corrected chi connectivity index (χ1v) is 10.8. The Balaban J connectivity index is 1.58. The van der Waals surface area contributed by atoms with E-state index in [4.69, 9.17) is 5.21 Å². The van der Waals surface area contributed by atoms with Crippen LogP contribution in [0.3, 0.4) is 0 Å². The summed E-state index contributed by atoms with van der Waals surface area (Å²) in [6.45, 7) is 0.563. The molecule has 1 saturated heterocycles. The maximum Gasteiger partial charge on any atom is 0.416 e. The average molecular weight is 491 g/mol.